The number of ether oxygens (including phenoxy) is 1. The summed E-state index contributed by atoms with van der Waals surface area (Å²) in [6.07, 6.45) is -0.403. The average Bonchev–Trinajstić information content (AvgIpc) is 2.48. The van der Waals surface area contributed by atoms with E-state index in [1.54, 1.807) is 0 Å². The molecule has 1 fully saturated rings. The number of hydrogen-bond acceptors (Lipinski definition) is 4. The first-order valence-corrected chi connectivity index (χ1v) is 8.23. The van der Waals surface area contributed by atoms with E-state index in [0.717, 1.165) is 32.7 Å². The second-order valence-corrected chi connectivity index (χ2v) is 7.14. The van der Waals surface area contributed by atoms with Crippen LogP contribution in [0.1, 0.15) is 26.3 Å². The molecular weight excluding hydrogens is 276 g/mol. The largest absolute Gasteiger partial charge is 0.389 e. The van der Waals surface area contributed by atoms with E-state index >= 15 is 0 Å². The molecule has 4 heteroatoms. The third kappa shape index (κ3) is 6.44. The van der Waals surface area contributed by atoms with Crippen molar-refractivity contribution in [2.24, 2.45) is 0 Å². The zero-order valence-electron chi connectivity index (χ0n) is 14.2. The minimum Gasteiger partial charge on any atom is -0.389 e. The Morgan fingerprint density at radius 2 is 1.64 bits per heavy atom. The summed E-state index contributed by atoms with van der Waals surface area (Å²) in [4.78, 5) is 4.81. The van der Waals surface area contributed by atoms with Crippen LogP contribution >= 0.6 is 0 Å². The summed E-state index contributed by atoms with van der Waals surface area (Å²) in [5.74, 6) is 0. The van der Waals surface area contributed by atoms with Gasteiger partial charge in [0, 0.05) is 39.3 Å². The van der Waals surface area contributed by atoms with Gasteiger partial charge in [-0.25, -0.2) is 0 Å². The third-order valence-corrected chi connectivity index (χ3v) is 3.89. The SMILES string of the molecule is CC(C)(C)OCC(O)CN1CCN(Cc2ccccc2)CC1. The van der Waals surface area contributed by atoms with Gasteiger partial charge < -0.3 is 9.84 Å². The molecule has 1 aromatic carbocycles. The Balaban J connectivity index is 1.66. The molecule has 1 aliphatic rings. The van der Waals surface area contributed by atoms with E-state index in [1.807, 2.05) is 20.8 Å². The summed E-state index contributed by atoms with van der Waals surface area (Å²) in [6, 6.07) is 10.6. The molecule has 1 aromatic rings. The molecule has 4 nitrogen and oxygen atoms in total. The Bertz CT molecular complexity index is 422. The van der Waals surface area contributed by atoms with E-state index in [1.165, 1.54) is 5.56 Å². The van der Waals surface area contributed by atoms with Crippen LogP contribution in [0.4, 0.5) is 0 Å². The fraction of sp³-hybridized carbons (Fsp3) is 0.667. The molecule has 1 heterocycles. The predicted molar refractivity (Wildman–Crippen MR) is 89.9 cm³/mol. The number of nitrogens with zero attached hydrogens (tertiary/aromatic N) is 2. The first kappa shape index (κ1) is 17.4. The molecule has 0 aromatic heterocycles. The van der Waals surface area contributed by atoms with Gasteiger partial charge in [0.15, 0.2) is 0 Å². The smallest absolute Gasteiger partial charge is 0.0900 e. The number of hydrogen-bond donors (Lipinski definition) is 1. The number of rotatable bonds is 6. The Kier molecular flexibility index (Phi) is 6.38. The van der Waals surface area contributed by atoms with Crippen LogP contribution in [0.15, 0.2) is 30.3 Å². The summed E-state index contributed by atoms with van der Waals surface area (Å²) < 4.78 is 5.65. The molecule has 1 unspecified atom stereocenters. The van der Waals surface area contributed by atoms with Gasteiger partial charge in [-0.2, -0.15) is 0 Å². The zero-order valence-corrected chi connectivity index (χ0v) is 14.2. The highest BCUT2D eigenvalue weighted by Gasteiger charge is 2.20. The molecule has 22 heavy (non-hydrogen) atoms. The van der Waals surface area contributed by atoms with Gasteiger partial charge in [0.1, 0.15) is 0 Å². The van der Waals surface area contributed by atoms with Crippen LogP contribution in [-0.2, 0) is 11.3 Å². The van der Waals surface area contributed by atoms with E-state index in [2.05, 4.69) is 40.1 Å². The maximum absolute atomic E-state index is 10.1. The van der Waals surface area contributed by atoms with E-state index in [0.29, 0.717) is 13.2 Å². The predicted octanol–water partition coefficient (Wildman–Crippen LogP) is 1.98. The molecule has 124 valence electrons. The van der Waals surface area contributed by atoms with E-state index < -0.39 is 6.10 Å². The number of aliphatic hydroxyl groups excluding tert-OH is 1. The van der Waals surface area contributed by atoms with E-state index in [9.17, 15) is 5.11 Å². The standard InChI is InChI=1S/C18H30N2O2/c1-18(2,3)22-15-17(21)14-20-11-9-19(10-12-20)13-16-7-5-4-6-8-16/h4-8,17,21H,9-15H2,1-3H3. The van der Waals surface area contributed by atoms with Crippen LogP contribution in [0.25, 0.3) is 0 Å². The van der Waals surface area contributed by atoms with Crippen LogP contribution in [0.3, 0.4) is 0 Å². The molecule has 0 radical (unpaired) electrons. The Morgan fingerprint density at radius 3 is 2.23 bits per heavy atom. The summed E-state index contributed by atoms with van der Waals surface area (Å²) in [5.41, 5.74) is 1.18. The Hall–Kier alpha value is -0.940. The minimum absolute atomic E-state index is 0.185. The second-order valence-electron chi connectivity index (χ2n) is 7.14. The molecule has 1 saturated heterocycles. The fourth-order valence-corrected chi connectivity index (χ4v) is 2.67. The first-order chi connectivity index (χ1) is 10.4. The van der Waals surface area contributed by atoms with Gasteiger partial charge in [-0.1, -0.05) is 30.3 Å². The lowest BCUT2D eigenvalue weighted by Crippen LogP contribution is -2.48. The fourth-order valence-electron chi connectivity index (χ4n) is 2.67. The van der Waals surface area contributed by atoms with E-state index in [4.69, 9.17) is 4.74 Å². The maximum atomic E-state index is 10.1. The lowest BCUT2D eigenvalue weighted by Gasteiger charge is -2.36. The van der Waals surface area contributed by atoms with Gasteiger partial charge in [-0.15, -0.1) is 0 Å². The highest BCUT2D eigenvalue weighted by molar-refractivity contribution is 5.14. The summed E-state index contributed by atoms with van der Waals surface area (Å²) in [7, 11) is 0. The van der Waals surface area contributed by atoms with E-state index in [-0.39, 0.29) is 5.60 Å². The maximum Gasteiger partial charge on any atom is 0.0900 e. The van der Waals surface area contributed by atoms with Gasteiger partial charge >= 0.3 is 0 Å². The van der Waals surface area contributed by atoms with Gasteiger partial charge in [0.25, 0.3) is 0 Å². The van der Waals surface area contributed by atoms with Crippen LogP contribution in [0, 0.1) is 0 Å². The number of aliphatic hydroxyl groups is 1. The Morgan fingerprint density at radius 1 is 1.05 bits per heavy atom. The van der Waals surface area contributed by atoms with Gasteiger partial charge in [0.05, 0.1) is 18.3 Å². The van der Waals surface area contributed by atoms with Crippen molar-refractivity contribution >= 4 is 0 Å². The van der Waals surface area contributed by atoms with Crippen LogP contribution in [0.2, 0.25) is 0 Å². The number of benzene rings is 1. The number of piperazine rings is 1. The summed E-state index contributed by atoms with van der Waals surface area (Å²) >= 11 is 0. The van der Waals surface area contributed by atoms with Gasteiger partial charge in [-0.05, 0) is 26.3 Å². The molecule has 1 atom stereocenters. The topological polar surface area (TPSA) is 35.9 Å². The monoisotopic (exact) mass is 306 g/mol. The van der Waals surface area contributed by atoms with Crippen LogP contribution < -0.4 is 0 Å². The van der Waals surface area contributed by atoms with Crippen molar-refractivity contribution in [1.82, 2.24) is 9.80 Å². The summed E-state index contributed by atoms with van der Waals surface area (Å²) in [5, 5.41) is 10.1. The molecule has 0 saturated carbocycles. The molecule has 0 spiro atoms. The van der Waals surface area contributed by atoms with Gasteiger partial charge in [0.2, 0.25) is 0 Å². The normalized spacial score (nSPS) is 19.3. The summed E-state index contributed by atoms with van der Waals surface area (Å²) in [6.45, 7) is 12.3. The molecule has 2 rings (SSSR count). The van der Waals surface area contributed by atoms with Gasteiger partial charge in [-0.3, -0.25) is 9.80 Å². The zero-order chi connectivity index (χ0) is 16.0. The lowest BCUT2D eigenvalue weighted by molar-refractivity contribution is -0.0587. The number of β-amino-alcohol motifs (C(OH)–C–C–N with tert-alkyl or cyclic N) is 1. The molecule has 1 N–H and O–H groups in total. The van der Waals surface area contributed by atoms with Crippen molar-refractivity contribution in [3.63, 3.8) is 0 Å². The third-order valence-electron chi connectivity index (χ3n) is 3.89. The minimum atomic E-state index is -0.403. The molecule has 0 bridgehead atoms. The second kappa shape index (κ2) is 8.06. The van der Waals surface area contributed by atoms with Crippen molar-refractivity contribution < 1.29 is 9.84 Å². The molecule has 1 aliphatic heterocycles. The van der Waals surface area contributed by atoms with Crippen LogP contribution in [-0.4, -0.2) is 65.9 Å². The highest BCUT2D eigenvalue weighted by atomic mass is 16.5. The Labute approximate surface area is 134 Å². The van der Waals surface area contributed by atoms with Crippen molar-refractivity contribution in [3.05, 3.63) is 35.9 Å². The molecule has 0 aliphatic carbocycles. The average molecular weight is 306 g/mol. The highest BCUT2D eigenvalue weighted by Crippen LogP contribution is 2.10. The van der Waals surface area contributed by atoms with Crippen molar-refractivity contribution in [3.8, 4) is 0 Å². The molecule has 0 amide bonds. The van der Waals surface area contributed by atoms with Crippen molar-refractivity contribution in [2.75, 3.05) is 39.3 Å². The quantitative estimate of drug-likeness (QED) is 0.872. The lowest BCUT2D eigenvalue weighted by atomic mass is 10.2. The first-order valence-electron chi connectivity index (χ1n) is 8.23. The van der Waals surface area contributed by atoms with Crippen molar-refractivity contribution in [2.45, 2.75) is 39.0 Å². The van der Waals surface area contributed by atoms with Crippen LogP contribution in [0.5, 0.6) is 0 Å². The molecular formula is C18H30N2O2. The van der Waals surface area contributed by atoms with Crippen molar-refractivity contribution in [1.29, 1.82) is 0 Å².